The van der Waals surface area contributed by atoms with E-state index in [2.05, 4.69) is 20.5 Å². The number of nitrogens with one attached hydrogen (secondary N) is 1. The molecule has 2 aliphatic rings. The summed E-state index contributed by atoms with van der Waals surface area (Å²) in [7, 11) is 1.76. The molecular formula is C21H24N6O3. The van der Waals surface area contributed by atoms with Crippen LogP contribution in [0.5, 0.6) is 11.5 Å². The highest BCUT2D eigenvalue weighted by atomic mass is 16.6. The van der Waals surface area contributed by atoms with Crippen LogP contribution >= 0.6 is 0 Å². The quantitative estimate of drug-likeness (QED) is 0.693. The van der Waals surface area contributed by atoms with Gasteiger partial charge >= 0.3 is 0 Å². The average Bonchev–Trinajstić information content (AvgIpc) is 3.40. The summed E-state index contributed by atoms with van der Waals surface area (Å²) in [6.07, 6.45) is 5.87. The Kier molecular flexibility index (Phi) is 4.86. The van der Waals surface area contributed by atoms with Gasteiger partial charge in [-0.25, -0.2) is 4.68 Å². The first-order valence-electron chi connectivity index (χ1n) is 10.3. The van der Waals surface area contributed by atoms with Crippen molar-refractivity contribution >= 4 is 5.91 Å². The number of rotatable bonds is 5. The number of carbonyl (C=O) groups excluding carboxylic acids is 1. The summed E-state index contributed by atoms with van der Waals surface area (Å²) in [4.78, 5) is 14.5. The summed E-state index contributed by atoms with van der Waals surface area (Å²) < 4.78 is 13.3. The Morgan fingerprint density at radius 2 is 2.10 bits per heavy atom. The highest BCUT2D eigenvalue weighted by Gasteiger charge is 2.24. The number of aryl methyl sites for hydroxylation is 1. The van der Waals surface area contributed by atoms with Crippen molar-refractivity contribution < 1.29 is 14.3 Å². The van der Waals surface area contributed by atoms with Crippen molar-refractivity contribution in [2.75, 3.05) is 13.7 Å². The minimum absolute atomic E-state index is 0.181. The first-order valence-corrected chi connectivity index (χ1v) is 10.3. The van der Waals surface area contributed by atoms with E-state index in [1.54, 1.807) is 22.8 Å². The van der Waals surface area contributed by atoms with Crippen LogP contribution < -0.4 is 9.47 Å². The van der Waals surface area contributed by atoms with Crippen LogP contribution in [-0.4, -0.2) is 55.8 Å². The van der Waals surface area contributed by atoms with E-state index >= 15 is 0 Å². The Hall–Kier alpha value is -3.36. The highest BCUT2D eigenvalue weighted by molar-refractivity contribution is 5.91. The summed E-state index contributed by atoms with van der Waals surface area (Å²) in [6, 6.07) is 7.57. The zero-order chi connectivity index (χ0) is 20.5. The monoisotopic (exact) mass is 408 g/mol. The molecule has 0 radical (unpaired) electrons. The molecule has 0 fully saturated rings. The third-order valence-corrected chi connectivity index (χ3v) is 5.59. The van der Waals surface area contributed by atoms with Crippen molar-refractivity contribution in [1.82, 2.24) is 30.1 Å². The molecule has 0 spiro atoms. The molecule has 1 aliphatic carbocycles. The van der Waals surface area contributed by atoms with E-state index in [0.29, 0.717) is 31.1 Å². The molecule has 3 aromatic rings. The number of hydrogen-bond acceptors (Lipinski definition) is 6. The van der Waals surface area contributed by atoms with E-state index in [9.17, 15) is 4.79 Å². The zero-order valence-corrected chi connectivity index (χ0v) is 16.9. The van der Waals surface area contributed by atoms with Gasteiger partial charge < -0.3 is 14.4 Å². The molecule has 30 heavy (non-hydrogen) atoms. The average molecular weight is 408 g/mol. The fourth-order valence-corrected chi connectivity index (χ4v) is 4.02. The standard InChI is InChI=1S/C21H24N6O3/c1-26(11-17-15-6-2-3-7-16(15)22-23-17)21(28)18-12-27(25-24-18)10-14-13-29-19-8-4-5-9-20(19)30-14/h4-5,8-9,12,14H,2-3,6-7,10-11,13H2,1H3,(H,22,23)/t14-/m1/s1. The van der Waals surface area contributed by atoms with Crippen LogP contribution in [0.2, 0.25) is 0 Å². The van der Waals surface area contributed by atoms with Gasteiger partial charge in [-0.3, -0.25) is 9.89 Å². The number of fused-ring (bicyclic) bond motifs is 2. The van der Waals surface area contributed by atoms with Gasteiger partial charge in [0, 0.05) is 12.7 Å². The van der Waals surface area contributed by atoms with E-state index in [0.717, 1.165) is 24.3 Å². The molecule has 0 saturated carbocycles. The molecule has 0 saturated heterocycles. The summed E-state index contributed by atoms with van der Waals surface area (Å²) >= 11 is 0. The fourth-order valence-electron chi connectivity index (χ4n) is 4.02. The van der Waals surface area contributed by atoms with E-state index in [-0.39, 0.29) is 12.0 Å². The number of aromatic amines is 1. The highest BCUT2D eigenvalue weighted by Crippen LogP contribution is 2.31. The van der Waals surface area contributed by atoms with Gasteiger partial charge in [-0.2, -0.15) is 5.10 Å². The van der Waals surface area contributed by atoms with Gasteiger partial charge in [0.25, 0.3) is 5.91 Å². The second-order valence-corrected chi connectivity index (χ2v) is 7.82. The smallest absolute Gasteiger partial charge is 0.276 e. The van der Waals surface area contributed by atoms with Gasteiger partial charge in [0.1, 0.15) is 6.61 Å². The molecule has 1 N–H and O–H groups in total. The number of ether oxygens (including phenoxy) is 2. The van der Waals surface area contributed by atoms with Crippen LogP contribution in [0.1, 0.15) is 40.3 Å². The van der Waals surface area contributed by atoms with E-state index < -0.39 is 0 Å². The molecule has 3 heterocycles. The van der Waals surface area contributed by atoms with Crippen LogP contribution in [0.4, 0.5) is 0 Å². The molecule has 0 unspecified atom stereocenters. The van der Waals surface area contributed by atoms with Crippen molar-refractivity contribution in [2.45, 2.75) is 44.9 Å². The zero-order valence-electron chi connectivity index (χ0n) is 16.9. The number of hydrogen-bond donors (Lipinski definition) is 1. The summed E-state index contributed by atoms with van der Waals surface area (Å²) in [5, 5.41) is 15.7. The first-order chi connectivity index (χ1) is 14.7. The van der Waals surface area contributed by atoms with Crippen LogP contribution in [0.15, 0.2) is 30.5 Å². The second-order valence-electron chi connectivity index (χ2n) is 7.82. The van der Waals surface area contributed by atoms with Gasteiger partial charge in [-0.05, 0) is 43.4 Å². The maximum Gasteiger partial charge on any atom is 0.276 e. The normalized spacial score (nSPS) is 17.4. The van der Waals surface area contributed by atoms with Gasteiger partial charge in [0.2, 0.25) is 0 Å². The van der Waals surface area contributed by atoms with E-state index in [1.165, 1.54) is 24.1 Å². The van der Waals surface area contributed by atoms with E-state index in [4.69, 9.17) is 9.47 Å². The van der Waals surface area contributed by atoms with Gasteiger partial charge in [-0.15, -0.1) is 5.10 Å². The predicted octanol–water partition coefficient (Wildman–Crippen LogP) is 1.99. The molecule has 5 rings (SSSR count). The Morgan fingerprint density at radius 1 is 1.27 bits per heavy atom. The minimum atomic E-state index is -0.196. The number of nitrogens with zero attached hydrogens (tertiary/aromatic N) is 5. The van der Waals surface area contributed by atoms with E-state index in [1.807, 2.05) is 24.3 Å². The summed E-state index contributed by atoms with van der Waals surface area (Å²) in [5.41, 5.74) is 3.72. The molecule has 9 nitrogen and oxygen atoms in total. The maximum atomic E-state index is 12.8. The Labute approximate surface area is 174 Å². The van der Waals surface area contributed by atoms with Crippen molar-refractivity contribution in [1.29, 1.82) is 0 Å². The Balaban J connectivity index is 1.22. The van der Waals surface area contributed by atoms with Crippen molar-refractivity contribution in [2.24, 2.45) is 0 Å². The lowest BCUT2D eigenvalue weighted by atomic mass is 9.96. The van der Waals surface area contributed by atoms with Crippen LogP contribution in [-0.2, 0) is 25.9 Å². The lowest BCUT2D eigenvalue weighted by Crippen LogP contribution is -2.33. The van der Waals surface area contributed by atoms with Gasteiger partial charge in [0.05, 0.1) is 25.0 Å². The van der Waals surface area contributed by atoms with Gasteiger partial charge in [-0.1, -0.05) is 17.3 Å². The third-order valence-electron chi connectivity index (χ3n) is 5.59. The SMILES string of the molecule is CN(Cc1n[nH]c2c1CCCC2)C(=O)c1cn(C[C@@H]2COc3ccccc3O2)nn1. The first kappa shape index (κ1) is 18.7. The number of carbonyl (C=O) groups is 1. The number of H-pyrrole nitrogens is 1. The van der Waals surface area contributed by atoms with Crippen LogP contribution in [0, 0.1) is 0 Å². The van der Waals surface area contributed by atoms with Gasteiger partial charge in [0.15, 0.2) is 23.3 Å². The molecule has 9 heteroatoms. The number of aromatic nitrogens is 5. The fraction of sp³-hybridized carbons (Fsp3) is 0.429. The molecule has 1 amide bonds. The molecule has 1 aromatic carbocycles. The summed E-state index contributed by atoms with van der Waals surface area (Å²) in [5.74, 6) is 1.28. The predicted molar refractivity (Wildman–Crippen MR) is 107 cm³/mol. The second kappa shape index (κ2) is 7.81. The lowest BCUT2D eigenvalue weighted by Gasteiger charge is -2.26. The Bertz CT molecular complexity index is 1060. The van der Waals surface area contributed by atoms with Crippen molar-refractivity contribution in [3.63, 3.8) is 0 Å². The number of benzene rings is 1. The van der Waals surface area contributed by atoms with Crippen molar-refractivity contribution in [3.05, 3.63) is 53.1 Å². The third kappa shape index (κ3) is 3.62. The molecular weight excluding hydrogens is 384 g/mol. The van der Waals surface area contributed by atoms with Crippen molar-refractivity contribution in [3.8, 4) is 11.5 Å². The number of para-hydroxylation sites is 2. The molecule has 1 atom stereocenters. The largest absolute Gasteiger partial charge is 0.486 e. The summed E-state index contributed by atoms with van der Waals surface area (Å²) in [6.45, 7) is 1.32. The number of amides is 1. The molecule has 1 aliphatic heterocycles. The molecule has 156 valence electrons. The minimum Gasteiger partial charge on any atom is -0.486 e. The van der Waals surface area contributed by atoms with Crippen LogP contribution in [0.25, 0.3) is 0 Å². The topological polar surface area (TPSA) is 98.2 Å². The Morgan fingerprint density at radius 3 is 3.00 bits per heavy atom. The maximum absolute atomic E-state index is 12.8. The molecule has 0 bridgehead atoms. The lowest BCUT2D eigenvalue weighted by molar-refractivity contribution is 0.0752. The molecule has 2 aromatic heterocycles. The van der Waals surface area contributed by atoms with Crippen LogP contribution in [0.3, 0.4) is 0 Å².